The fraction of sp³-hybridized carbons (Fsp3) is 1.00. The number of hydrogen-bond acceptors (Lipinski definition) is 2. The van der Waals surface area contributed by atoms with E-state index < -0.39 is 0 Å². The van der Waals surface area contributed by atoms with Gasteiger partial charge in [0.15, 0.2) is 0 Å². The first-order chi connectivity index (χ1) is 8.76. The Morgan fingerprint density at radius 3 is 2.17 bits per heavy atom. The molecule has 0 saturated heterocycles. The van der Waals surface area contributed by atoms with Gasteiger partial charge in [-0.1, -0.05) is 46.0 Å². The molecule has 1 N–H and O–H groups in total. The highest BCUT2D eigenvalue weighted by Crippen LogP contribution is 2.31. The summed E-state index contributed by atoms with van der Waals surface area (Å²) in [5, 5.41) is 3.52. The van der Waals surface area contributed by atoms with E-state index in [1.807, 2.05) is 7.11 Å². The zero-order valence-electron chi connectivity index (χ0n) is 12.9. The number of rotatable bonds is 8. The van der Waals surface area contributed by atoms with Crippen LogP contribution in [0.3, 0.4) is 0 Å². The van der Waals surface area contributed by atoms with Crippen LogP contribution in [0.4, 0.5) is 0 Å². The van der Waals surface area contributed by atoms with Crippen LogP contribution >= 0.6 is 0 Å². The number of hydrogen-bond donors (Lipinski definition) is 1. The van der Waals surface area contributed by atoms with Crippen molar-refractivity contribution in [2.24, 2.45) is 11.8 Å². The van der Waals surface area contributed by atoms with Crippen LogP contribution < -0.4 is 5.32 Å². The minimum absolute atomic E-state index is 0.413. The van der Waals surface area contributed by atoms with E-state index in [0.717, 1.165) is 11.8 Å². The fourth-order valence-corrected chi connectivity index (χ4v) is 3.55. The third kappa shape index (κ3) is 4.55. The van der Waals surface area contributed by atoms with Gasteiger partial charge in [0.05, 0.1) is 6.10 Å². The Hall–Kier alpha value is -0.0800. The Balaban J connectivity index is 2.57. The third-order valence-electron chi connectivity index (χ3n) is 4.90. The summed E-state index contributed by atoms with van der Waals surface area (Å²) >= 11 is 0. The summed E-state index contributed by atoms with van der Waals surface area (Å²) in [5.41, 5.74) is 0. The molecule has 18 heavy (non-hydrogen) atoms. The molecule has 2 nitrogen and oxygen atoms in total. The summed E-state index contributed by atoms with van der Waals surface area (Å²) < 4.78 is 5.87. The molecular weight excluding hydrogens is 222 g/mol. The Morgan fingerprint density at radius 2 is 1.72 bits per heavy atom. The minimum atomic E-state index is 0.413. The van der Waals surface area contributed by atoms with Crippen LogP contribution in [0.5, 0.6) is 0 Å². The summed E-state index contributed by atoms with van der Waals surface area (Å²) in [5.74, 6) is 1.61. The molecule has 0 heterocycles. The van der Waals surface area contributed by atoms with Gasteiger partial charge in [0.1, 0.15) is 0 Å². The minimum Gasteiger partial charge on any atom is -0.380 e. The van der Waals surface area contributed by atoms with Crippen LogP contribution in [-0.4, -0.2) is 26.3 Å². The molecule has 1 aliphatic carbocycles. The molecule has 0 radical (unpaired) electrons. The van der Waals surface area contributed by atoms with Crippen molar-refractivity contribution in [3.05, 3.63) is 0 Å². The molecule has 2 atom stereocenters. The highest BCUT2D eigenvalue weighted by atomic mass is 16.5. The van der Waals surface area contributed by atoms with Crippen molar-refractivity contribution in [2.75, 3.05) is 14.2 Å². The lowest BCUT2D eigenvalue weighted by Gasteiger charge is -2.36. The average molecular weight is 255 g/mol. The van der Waals surface area contributed by atoms with Gasteiger partial charge in [-0.05, 0) is 38.1 Å². The molecule has 0 spiro atoms. The van der Waals surface area contributed by atoms with Crippen molar-refractivity contribution >= 4 is 0 Å². The van der Waals surface area contributed by atoms with Crippen LogP contribution in [0.2, 0.25) is 0 Å². The SMILES string of the molecule is CCC(CC)CC(NC)C(OC)C1CCCCC1. The fourth-order valence-electron chi connectivity index (χ4n) is 3.55. The first-order valence-corrected chi connectivity index (χ1v) is 7.96. The van der Waals surface area contributed by atoms with E-state index in [9.17, 15) is 0 Å². The zero-order chi connectivity index (χ0) is 13.4. The van der Waals surface area contributed by atoms with Crippen molar-refractivity contribution in [1.82, 2.24) is 5.32 Å². The van der Waals surface area contributed by atoms with Crippen molar-refractivity contribution in [1.29, 1.82) is 0 Å². The molecule has 0 aliphatic heterocycles. The average Bonchev–Trinajstić information content (AvgIpc) is 2.44. The lowest BCUT2D eigenvalue weighted by molar-refractivity contribution is 0.00366. The van der Waals surface area contributed by atoms with E-state index >= 15 is 0 Å². The van der Waals surface area contributed by atoms with E-state index in [0.29, 0.717) is 12.1 Å². The van der Waals surface area contributed by atoms with Gasteiger partial charge in [0.25, 0.3) is 0 Å². The maximum atomic E-state index is 5.87. The number of nitrogens with one attached hydrogen (secondary N) is 1. The van der Waals surface area contributed by atoms with Crippen LogP contribution in [0.1, 0.15) is 65.2 Å². The number of methoxy groups -OCH3 is 1. The molecule has 1 aliphatic rings. The van der Waals surface area contributed by atoms with Gasteiger partial charge in [-0.15, -0.1) is 0 Å². The molecule has 108 valence electrons. The van der Waals surface area contributed by atoms with E-state index in [1.54, 1.807) is 0 Å². The molecule has 2 heteroatoms. The quantitative estimate of drug-likeness (QED) is 0.708. The van der Waals surface area contributed by atoms with E-state index in [4.69, 9.17) is 4.74 Å². The second kappa shape index (κ2) is 8.92. The number of likely N-dealkylation sites (N-methyl/N-ethyl adjacent to an activating group) is 1. The smallest absolute Gasteiger partial charge is 0.0752 e. The van der Waals surface area contributed by atoms with E-state index in [1.165, 1.54) is 51.4 Å². The maximum Gasteiger partial charge on any atom is 0.0752 e. The van der Waals surface area contributed by atoms with Gasteiger partial charge in [0.2, 0.25) is 0 Å². The normalized spacial score (nSPS) is 21.2. The van der Waals surface area contributed by atoms with Gasteiger partial charge in [-0.3, -0.25) is 0 Å². The lowest BCUT2D eigenvalue weighted by Crippen LogP contribution is -2.45. The predicted molar refractivity (Wildman–Crippen MR) is 78.9 cm³/mol. The highest BCUT2D eigenvalue weighted by Gasteiger charge is 2.30. The first-order valence-electron chi connectivity index (χ1n) is 7.96. The van der Waals surface area contributed by atoms with Gasteiger partial charge < -0.3 is 10.1 Å². The van der Waals surface area contributed by atoms with Crippen LogP contribution in [0.25, 0.3) is 0 Å². The molecule has 2 unspecified atom stereocenters. The molecule has 0 amide bonds. The second-order valence-electron chi connectivity index (χ2n) is 5.91. The Labute approximate surface area is 114 Å². The third-order valence-corrected chi connectivity index (χ3v) is 4.90. The molecule has 0 aromatic heterocycles. The Bertz CT molecular complexity index is 197. The summed E-state index contributed by atoms with van der Waals surface area (Å²) in [4.78, 5) is 0. The van der Waals surface area contributed by atoms with Gasteiger partial charge in [-0.25, -0.2) is 0 Å². The summed E-state index contributed by atoms with van der Waals surface area (Å²) in [7, 11) is 4.00. The Kier molecular flexibility index (Phi) is 7.92. The number of ether oxygens (including phenoxy) is 1. The molecule has 1 rings (SSSR count). The highest BCUT2D eigenvalue weighted by molar-refractivity contribution is 4.85. The molecule has 0 aromatic carbocycles. The van der Waals surface area contributed by atoms with Crippen molar-refractivity contribution in [3.8, 4) is 0 Å². The molecule has 0 bridgehead atoms. The monoisotopic (exact) mass is 255 g/mol. The van der Waals surface area contributed by atoms with E-state index in [-0.39, 0.29) is 0 Å². The lowest BCUT2D eigenvalue weighted by atomic mass is 9.80. The summed E-state index contributed by atoms with van der Waals surface area (Å²) in [6.07, 6.45) is 11.2. The van der Waals surface area contributed by atoms with Crippen molar-refractivity contribution in [3.63, 3.8) is 0 Å². The molecule has 0 aromatic rings. The van der Waals surface area contributed by atoms with Gasteiger partial charge in [-0.2, -0.15) is 0 Å². The molecular formula is C16H33NO. The first kappa shape index (κ1) is 16.0. The van der Waals surface area contributed by atoms with Crippen LogP contribution in [-0.2, 0) is 4.74 Å². The summed E-state index contributed by atoms with van der Waals surface area (Å²) in [6.45, 7) is 4.62. The van der Waals surface area contributed by atoms with Crippen LogP contribution in [0.15, 0.2) is 0 Å². The molecule has 1 saturated carbocycles. The maximum absolute atomic E-state index is 5.87. The zero-order valence-corrected chi connectivity index (χ0v) is 12.9. The van der Waals surface area contributed by atoms with Crippen LogP contribution in [0, 0.1) is 11.8 Å². The van der Waals surface area contributed by atoms with Crippen molar-refractivity contribution < 1.29 is 4.74 Å². The Morgan fingerprint density at radius 1 is 1.11 bits per heavy atom. The largest absolute Gasteiger partial charge is 0.380 e. The summed E-state index contributed by atoms with van der Waals surface area (Å²) in [6, 6.07) is 0.531. The standard InChI is InChI=1S/C16H33NO/c1-5-13(6-2)12-15(17-3)16(18-4)14-10-8-7-9-11-14/h13-17H,5-12H2,1-4H3. The van der Waals surface area contributed by atoms with Crippen molar-refractivity contribution in [2.45, 2.75) is 77.4 Å². The predicted octanol–water partition coefficient (Wildman–Crippen LogP) is 4.00. The van der Waals surface area contributed by atoms with Gasteiger partial charge >= 0.3 is 0 Å². The topological polar surface area (TPSA) is 21.3 Å². The second-order valence-corrected chi connectivity index (χ2v) is 5.91. The van der Waals surface area contributed by atoms with E-state index in [2.05, 4.69) is 26.2 Å². The van der Waals surface area contributed by atoms with Gasteiger partial charge in [0, 0.05) is 13.2 Å². The molecule has 1 fully saturated rings.